The van der Waals surface area contributed by atoms with E-state index in [9.17, 15) is 25.0 Å². The van der Waals surface area contributed by atoms with Gasteiger partial charge in [-0.1, -0.05) is 11.6 Å². The number of halogens is 1. The molecule has 1 aromatic carbocycles. The molecule has 0 atom stereocenters. The van der Waals surface area contributed by atoms with Crippen LogP contribution in [0.1, 0.15) is 38.1 Å². The monoisotopic (exact) mass is 393 g/mol. The summed E-state index contributed by atoms with van der Waals surface area (Å²) >= 11 is 6.84. The van der Waals surface area contributed by atoms with E-state index in [1.54, 1.807) is 13.8 Å². The number of esters is 1. The van der Waals surface area contributed by atoms with Gasteiger partial charge in [-0.15, -0.1) is 11.3 Å². The lowest BCUT2D eigenvalue weighted by atomic mass is 10.1. The van der Waals surface area contributed by atoms with Crippen molar-refractivity contribution in [3.05, 3.63) is 54.9 Å². The zero-order valence-electron chi connectivity index (χ0n) is 13.7. The molecule has 0 unspecified atom stereocenters. The second-order valence-corrected chi connectivity index (χ2v) is 6.40. The van der Waals surface area contributed by atoms with E-state index in [0.717, 1.165) is 17.4 Å². The molecule has 0 aliphatic carbocycles. The highest BCUT2D eigenvalue weighted by atomic mass is 35.5. The maximum atomic E-state index is 12.5. The number of carbonyl (C=O) groups excluding carboxylic acids is 2. The highest BCUT2D eigenvalue weighted by Gasteiger charge is 2.24. The number of anilines is 1. The average Bonchev–Trinajstić information content (AvgIpc) is 2.90. The van der Waals surface area contributed by atoms with E-state index in [-0.39, 0.29) is 38.3 Å². The van der Waals surface area contributed by atoms with Gasteiger partial charge in [0.05, 0.1) is 27.7 Å². The van der Waals surface area contributed by atoms with Crippen molar-refractivity contribution in [2.45, 2.75) is 13.8 Å². The molecule has 1 aromatic heterocycles. The van der Waals surface area contributed by atoms with Crippen LogP contribution < -0.4 is 5.32 Å². The number of benzene rings is 1. The first-order chi connectivity index (χ1) is 12.3. The van der Waals surface area contributed by atoms with Gasteiger partial charge < -0.3 is 10.1 Å². The van der Waals surface area contributed by atoms with Crippen LogP contribution in [-0.4, -0.2) is 23.4 Å². The van der Waals surface area contributed by atoms with Gasteiger partial charge in [0.2, 0.25) is 0 Å². The summed E-state index contributed by atoms with van der Waals surface area (Å²) in [6.45, 7) is 3.39. The van der Waals surface area contributed by atoms with Crippen LogP contribution in [0.3, 0.4) is 0 Å². The highest BCUT2D eigenvalue weighted by Crippen LogP contribution is 2.34. The summed E-state index contributed by atoms with van der Waals surface area (Å²) in [5.41, 5.74) is 0.0902. The molecule has 8 nitrogen and oxygen atoms in total. The maximum absolute atomic E-state index is 12.5. The minimum atomic E-state index is -0.730. The zero-order chi connectivity index (χ0) is 19.4. The fourth-order valence-corrected chi connectivity index (χ4v) is 3.35. The molecule has 10 heteroatoms. The number of hydrogen-bond donors (Lipinski definition) is 1. The van der Waals surface area contributed by atoms with Gasteiger partial charge >= 0.3 is 5.97 Å². The fraction of sp³-hybridized carbons (Fsp3) is 0.188. The molecule has 0 saturated carbocycles. The smallest absolute Gasteiger partial charge is 0.348 e. The predicted octanol–water partition coefficient (Wildman–Crippen LogP) is 3.92. The molecule has 2 rings (SSSR count). The number of rotatable bonds is 5. The molecular formula is C16H12ClN3O5S. The van der Waals surface area contributed by atoms with E-state index >= 15 is 0 Å². The molecule has 0 saturated heterocycles. The van der Waals surface area contributed by atoms with Crippen LogP contribution in [0.25, 0.3) is 0 Å². The molecule has 1 heterocycles. The third kappa shape index (κ3) is 3.82. The van der Waals surface area contributed by atoms with Gasteiger partial charge in [0, 0.05) is 12.1 Å². The van der Waals surface area contributed by atoms with Crippen LogP contribution in [0.5, 0.6) is 0 Å². The number of non-ortho nitro benzene ring substituents is 1. The van der Waals surface area contributed by atoms with Crippen molar-refractivity contribution >= 4 is 45.5 Å². The normalized spacial score (nSPS) is 10.1. The molecule has 2 aromatic rings. The maximum Gasteiger partial charge on any atom is 0.348 e. The van der Waals surface area contributed by atoms with E-state index in [2.05, 4.69) is 5.32 Å². The van der Waals surface area contributed by atoms with Crippen molar-refractivity contribution in [3.8, 4) is 6.07 Å². The van der Waals surface area contributed by atoms with Crippen molar-refractivity contribution in [3.63, 3.8) is 0 Å². The second-order valence-electron chi connectivity index (χ2n) is 4.97. The Morgan fingerprint density at radius 3 is 2.73 bits per heavy atom. The second kappa shape index (κ2) is 7.95. The highest BCUT2D eigenvalue weighted by molar-refractivity contribution is 7.18. The largest absolute Gasteiger partial charge is 0.462 e. The topological polar surface area (TPSA) is 122 Å². The SMILES string of the molecule is CCOC(=O)c1sc(NC(=O)c2cc([N+](=O)[O-])ccc2Cl)c(C#N)c1C. The number of amides is 1. The third-order valence-corrected chi connectivity index (χ3v) is 4.87. The molecule has 26 heavy (non-hydrogen) atoms. The summed E-state index contributed by atoms with van der Waals surface area (Å²) in [5, 5.41) is 22.8. The first-order valence-electron chi connectivity index (χ1n) is 7.26. The molecule has 134 valence electrons. The summed E-state index contributed by atoms with van der Waals surface area (Å²) in [6, 6.07) is 5.38. The van der Waals surface area contributed by atoms with Crippen LogP contribution in [0.15, 0.2) is 18.2 Å². The molecular weight excluding hydrogens is 382 g/mol. The number of hydrogen-bond acceptors (Lipinski definition) is 7. The summed E-state index contributed by atoms with van der Waals surface area (Å²) in [7, 11) is 0. The minimum absolute atomic E-state index is 0.0190. The van der Waals surface area contributed by atoms with Crippen molar-refractivity contribution < 1.29 is 19.2 Å². The molecule has 1 N–H and O–H groups in total. The van der Waals surface area contributed by atoms with Crippen LogP contribution in [0, 0.1) is 28.4 Å². The van der Waals surface area contributed by atoms with Gasteiger partial charge in [0.1, 0.15) is 15.9 Å². The number of nitrogens with one attached hydrogen (secondary N) is 1. The van der Waals surface area contributed by atoms with Crippen LogP contribution in [-0.2, 0) is 4.74 Å². The Bertz CT molecular complexity index is 948. The van der Waals surface area contributed by atoms with E-state index < -0.39 is 16.8 Å². The van der Waals surface area contributed by atoms with E-state index in [0.29, 0.717) is 5.56 Å². The van der Waals surface area contributed by atoms with Crippen molar-refractivity contribution in [1.29, 1.82) is 5.26 Å². The molecule has 1 amide bonds. The van der Waals surface area contributed by atoms with Crippen molar-refractivity contribution in [2.75, 3.05) is 11.9 Å². The number of nitrogens with zero attached hydrogens (tertiary/aromatic N) is 2. The van der Waals surface area contributed by atoms with Crippen molar-refractivity contribution in [2.24, 2.45) is 0 Å². The van der Waals surface area contributed by atoms with Gasteiger partial charge in [-0.05, 0) is 25.5 Å². The molecule has 0 radical (unpaired) electrons. The Labute approximate surface area is 157 Å². The Kier molecular flexibility index (Phi) is 5.92. The quantitative estimate of drug-likeness (QED) is 0.466. The Balaban J connectivity index is 2.40. The van der Waals surface area contributed by atoms with Crippen LogP contribution >= 0.6 is 22.9 Å². The van der Waals surface area contributed by atoms with Gasteiger partial charge in [-0.3, -0.25) is 14.9 Å². The fourth-order valence-electron chi connectivity index (χ4n) is 2.10. The number of ether oxygens (including phenoxy) is 1. The van der Waals surface area contributed by atoms with Gasteiger partial charge in [0.25, 0.3) is 11.6 Å². The van der Waals surface area contributed by atoms with Crippen LogP contribution in [0.2, 0.25) is 5.02 Å². The van der Waals surface area contributed by atoms with Crippen molar-refractivity contribution in [1.82, 2.24) is 0 Å². The van der Waals surface area contributed by atoms with Gasteiger partial charge in [-0.25, -0.2) is 4.79 Å². The molecule has 0 fully saturated rings. The summed E-state index contributed by atoms with van der Waals surface area (Å²) in [6.07, 6.45) is 0. The van der Waals surface area contributed by atoms with Gasteiger partial charge in [0.15, 0.2) is 0 Å². The lowest BCUT2D eigenvalue weighted by Crippen LogP contribution is -2.12. The van der Waals surface area contributed by atoms with E-state index in [4.69, 9.17) is 16.3 Å². The average molecular weight is 394 g/mol. The summed E-state index contributed by atoms with van der Waals surface area (Å²) < 4.78 is 4.93. The number of nitriles is 1. The standard InChI is InChI=1S/C16H12ClN3O5S/c1-3-25-16(22)13-8(2)11(7-18)15(26-13)19-14(21)10-6-9(20(23)24)4-5-12(10)17/h4-6H,3H2,1-2H3,(H,19,21). The Morgan fingerprint density at radius 2 is 2.15 bits per heavy atom. The molecule has 0 aliphatic rings. The summed E-state index contributed by atoms with van der Waals surface area (Å²) in [4.78, 5) is 34.8. The molecule has 0 spiro atoms. The lowest BCUT2D eigenvalue weighted by molar-refractivity contribution is -0.384. The zero-order valence-corrected chi connectivity index (χ0v) is 15.2. The van der Waals surface area contributed by atoms with E-state index in [1.807, 2.05) is 6.07 Å². The third-order valence-electron chi connectivity index (χ3n) is 3.35. The number of nitro groups is 1. The first-order valence-corrected chi connectivity index (χ1v) is 8.45. The summed E-state index contributed by atoms with van der Waals surface area (Å²) in [5.74, 6) is -1.33. The first kappa shape index (κ1) is 19.4. The Hall–Kier alpha value is -2.96. The number of thiophene rings is 1. The number of nitro benzene ring substituents is 1. The lowest BCUT2D eigenvalue weighted by Gasteiger charge is -2.05. The molecule has 0 bridgehead atoms. The molecule has 0 aliphatic heterocycles. The minimum Gasteiger partial charge on any atom is -0.462 e. The Morgan fingerprint density at radius 1 is 1.46 bits per heavy atom. The van der Waals surface area contributed by atoms with Gasteiger partial charge in [-0.2, -0.15) is 5.26 Å². The van der Waals surface area contributed by atoms with E-state index in [1.165, 1.54) is 12.1 Å². The predicted molar refractivity (Wildman–Crippen MR) is 95.8 cm³/mol. The number of carbonyl (C=O) groups is 2. The van der Waals surface area contributed by atoms with Crippen LogP contribution in [0.4, 0.5) is 10.7 Å².